The molecule has 0 fully saturated rings. The highest BCUT2D eigenvalue weighted by Crippen LogP contribution is 2.38. The van der Waals surface area contributed by atoms with E-state index in [4.69, 9.17) is 0 Å². The number of fused-ring (bicyclic) bond motifs is 1. The number of benzene rings is 1. The van der Waals surface area contributed by atoms with Gasteiger partial charge >= 0.3 is 12.4 Å². The van der Waals surface area contributed by atoms with Crippen LogP contribution >= 0.6 is 0 Å². The minimum atomic E-state index is -4.86. The number of amides is 1. The third kappa shape index (κ3) is 5.09. The monoisotopic (exact) mass is 520 g/mol. The summed E-state index contributed by atoms with van der Waals surface area (Å²) in [5, 5.41) is 0. The summed E-state index contributed by atoms with van der Waals surface area (Å²) in [6, 6.07) is 0.697. The lowest BCUT2D eigenvalue weighted by molar-refractivity contribution is -0.148. The summed E-state index contributed by atoms with van der Waals surface area (Å²) >= 11 is 0. The highest BCUT2D eigenvalue weighted by Gasteiger charge is 2.45. The van der Waals surface area contributed by atoms with Gasteiger partial charge in [0, 0.05) is 32.1 Å². The number of hydrogen-bond acceptors (Lipinski definition) is 5. The number of anilines is 2. The largest absolute Gasteiger partial charge is 0.391 e. The van der Waals surface area contributed by atoms with Gasteiger partial charge in [-0.3, -0.25) is 9.36 Å². The fourth-order valence-corrected chi connectivity index (χ4v) is 3.81. The van der Waals surface area contributed by atoms with Crippen LogP contribution in [0, 0.1) is 11.6 Å². The van der Waals surface area contributed by atoms with Gasteiger partial charge in [0.2, 0.25) is 11.9 Å². The molecule has 0 saturated carbocycles. The standard InChI is InChI=1S/C21H16F8N6O/c1-33-15-10-31-19(35-7-5-30-16(35)12-3-2-11(22)8-13(12)23)32-17(15)34(6-4-20(24,25)26)14(18(33)36)9-21(27,28)29/h2-3,5,7-8,10,14H,4,6,9H2,1H3. The first kappa shape index (κ1) is 25.3. The highest BCUT2D eigenvalue weighted by molar-refractivity contribution is 6.04. The van der Waals surface area contributed by atoms with Crippen molar-refractivity contribution < 1.29 is 39.9 Å². The molecule has 1 unspecified atom stereocenters. The molecule has 192 valence electrons. The smallest absolute Gasteiger partial charge is 0.342 e. The summed E-state index contributed by atoms with van der Waals surface area (Å²) in [6.45, 7) is -0.976. The quantitative estimate of drug-likeness (QED) is 0.458. The Hall–Kier alpha value is -3.78. The van der Waals surface area contributed by atoms with Gasteiger partial charge in [-0.05, 0) is 12.1 Å². The van der Waals surface area contributed by atoms with Gasteiger partial charge in [-0.1, -0.05) is 0 Å². The van der Waals surface area contributed by atoms with Crippen molar-refractivity contribution in [2.45, 2.75) is 31.2 Å². The number of imidazole rings is 1. The minimum Gasteiger partial charge on any atom is -0.342 e. The molecule has 4 rings (SSSR count). The van der Waals surface area contributed by atoms with Crippen LogP contribution in [0.2, 0.25) is 0 Å². The van der Waals surface area contributed by atoms with Crippen LogP contribution in [0.3, 0.4) is 0 Å². The number of alkyl halides is 6. The first-order valence-electron chi connectivity index (χ1n) is 10.3. The zero-order valence-corrected chi connectivity index (χ0v) is 18.3. The van der Waals surface area contributed by atoms with E-state index in [1.54, 1.807) is 0 Å². The average molecular weight is 520 g/mol. The van der Waals surface area contributed by atoms with Crippen LogP contribution in [-0.2, 0) is 4.79 Å². The number of likely N-dealkylation sites (N-methyl/N-ethyl adjacent to an activating group) is 1. The molecule has 3 aromatic rings. The summed E-state index contributed by atoms with van der Waals surface area (Å²) in [7, 11) is 1.16. The fourth-order valence-electron chi connectivity index (χ4n) is 3.81. The summed E-state index contributed by atoms with van der Waals surface area (Å²) in [6.07, 6.45) is -9.22. The number of hydrogen-bond donors (Lipinski definition) is 0. The van der Waals surface area contributed by atoms with Crippen LogP contribution in [0.25, 0.3) is 17.3 Å². The highest BCUT2D eigenvalue weighted by atomic mass is 19.4. The summed E-state index contributed by atoms with van der Waals surface area (Å²) in [5.41, 5.74) is -0.266. The molecular formula is C21H16F8N6O. The van der Waals surface area contributed by atoms with E-state index in [2.05, 4.69) is 15.0 Å². The maximum Gasteiger partial charge on any atom is 0.391 e. The molecule has 7 nitrogen and oxygen atoms in total. The van der Waals surface area contributed by atoms with Gasteiger partial charge in [-0.2, -0.15) is 31.3 Å². The predicted octanol–water partition coefficient (Wildman–Crippen LogP) is 4.66. The second-order valence-corrected chi connectivity index (χ2v) is 7.91. The van der Waals surface area contributed by atoms with E-state index in [0.29, 0.717) is 11.0 Å². The number of carbonyl (C=O) groups excluding carboxylic acids is 1. The zero-order chi connectivity index (χ0) is 26.4. The molecule has 1 aliphatic rings. The second kappa shape index (κ2) is 9.02. The Morgan fingerprint density at radius 2 is 1.75 bits per heavy atom. The molecule has 0 bridgehead atoms. The Morgan fingerprint density at radius 3 is 2.39 bits per heavy atom. The molecule has 1 amide bonds. The van der Waals surface area contributed by atoms with Crippen molar-refractivity contribution in [3.05, 3.63) is 48.4 Å². The molecule has 0 radical (unpaired) electrons. The van der Waals surface area contributed by atoms with Crippen LogP contribution < -0.4 is 9.80 Å². The third-order valence-corrected chi connectivity index (χ3v) is 5.45. The fraction of sp³-hybridized carbons (Fsp3) is 0.333. The van der Waals surface area contributed by atoms with Crippen molar-refractivity contribution in [1.29, 1.82) is 0 Å². The first-order chi connectivity index (χ1) is 16.7. The van der Waals surface area contributed by atoms with E-state index in [0.717, 1.165) is 34.8 Å². The van der Waals surface area contributed by atoms with E-state index in [-0.39, 0.29) is 28.8 Å². The molecule has 15 heteroatoms. The molecule has 2 aromatic heterocycles. The number of halogens is 8. The Balaban J connectivity index is 1.82. The molecule has 0 N–H and O–H groups in total. The van der Waals surface area contributed by atoms with E-state index >= 15 is 0 Å². The van der Waals surface area contributed by atoms with Crippen molar-refractivity contribution in [1.82, 2.24) is 19.5 Å². The van der Waals surface area contributed by atoms with Crippen molar-refractivity contribution in [3.8, 4) is 17.3 Å². The van der Waals surface area contributed by atoms with Crippen LogP contribution in [0.4, 0.5) is 46.6 Å². The van der Waals surface area contributed by atoms with Crippen molar-refractivity contribution >= 4 is 17.4 Å². The van der Waals surface area contributed by atoms with Gasteiger partial charge in [-0.15, -0.1) is 0 Å². The van der Waals surface area contributed by atoms with Crippen LogP contribution in [0.15, 0.2) is 36.8 Å². The maximum absolute atomic E-state index is 14.4. The molecule has 0 spiro atoms. The second-order valence-electron chi connectivity index (χ2n) is 7.91. The molecular weight excluding hydrogens is 504 g/mol. The Labute approximate surface area is 198 Å². The lowest BCUT2D eigenvalue weighted by Crippen LogP contribution is -2.55. The first-order valence-corrected chi connectivity index (χ1v) is 10.3. The van der Waals surface area contributed by atoms with Crippen molar-refractivity contribution in [2.75, 3.05) is 23.4 Å². The molecule has 1 aromatic carbocycles. The van der Waals surface area contributed by atoms with E-state index < -0.39 is 55.3 Å². The maximum atomic E-state index is 14.4. The molecule has 0 saturated heterocycles. The lowest BCUT2D eigenvalue weighted by Gasteiger charge is -2.41. The van der Waals surface area contributed by atoms with Gasteiger partial charge in [0.15, 0.2) is 5.82 Å². The van der Waals surface area contributed by atoms with Gasteiger partial charge < -0.3 is 9.80 Å². The summed E-state index contributed by atoms with van der Waals surface area (Å²) < 4.78 is 108. The Morgan fingerprint density at radius 1 is 1.03 bits per heavy atom. The average Bonchev–Trinajstić information content (AvgIpc) is 3.24. The van der Waals surface area contributed by atoms with Gasteiger partial charge in [0.05, 0.1) is 24.6 Å². The van der Waals surface area contributed by atoms with Crippen molar-refractivity contribution in [3.63, 3.8) is 0 Å². The molecule has 36 heavy (non-hydrogen) atoms. The summed E-state index contributed by atoms with van der Waals surface area (Å²) in [4.78, 5) is 26.4. The van der Waals surface area contributed by atoms with Gasteiger partial charge in [0.25, 0.3) is 0 Å². The third-order valence-electron chi connectivity index (χ3n) is 5.45. The molecule has 1 aliphatic heterocycles. The minimum absolute atomic E-state index is 0.0960. The van der Waals surface area contributed by atoms with Crippen LogP contribution in [-0.4, -0.2) is 57.4 Å². The number of carbonyl (C=O) groups is 1. The number of aromatic nitrogens is 4. The Kier molecular flexibility index (Phi) is 6.34. The molecule has 3 heterocycles. The van der Waals surface area contributed by atoms with E-state index in [1.807, 2.05) is 0 Å². The van der Waals surface area contributed by atoms with Gasteiger partial charge in [-0.25, -0.2) is 18.7 Å². The van der Waals surface area contributed by atoms with E-state index in [1.165, 1.54) is 12.4 Å². The summed E-state index contributed by atoms with van der Waals surface area (Å²) in [5.74, 6) is -3.60. The normalized spacial score (nSPS) is 16.5. The van der Waals surface area contributed by atoms with Crippen LogP contribution in [0.5, 0.6) is 0 Å². The topological polar surface area (TPSA) is 67.2 Å². The van der Waals surface area contributed by atoms with Gasteiger partial charge in [0.1, 0.15) is 29.2 Å². The van der Waals surface area contributed by atoms with Crippen LogP contribution in [0.1, 0.15) is 12.8 Å². The number of nitrogens with zero attached hydrogens (tertiary/aromatic N) is 6. The molecule has 0 aliphatic carbocycles. The molecule has 1 atom stereocenters. The lowest BCUT2D eigenvalue weighted by atomic mass is 10.1. The van der Waals surface area contributed by atoms with Crippen molar-refractivity contribution in [2.24, 2.45) is 0 Å². The van der Waals surface area contributed by atoms with E-state index in [9.17, 15) is 39.9 Å². The zero-order valence-electron chi connectivity index (χ0n) is 18.3. The Bertz CT molecular complexity index is 1290. The SMILES string of the molecule is CN1C(=O)C(CC(F)(F)F)N(CCC(F)(F)F)c2nc(-n3ccnc3-c3ccc(F)cc3F)ncc21. The number of rotatable bonds is 5. The predicted molar refractivity (Wildman–Crippen MR) is 110 cm³/mol.